The third-order valence-corrected chi connectivity index (χ3v) is 20.2. The number of nitrogens with one attached hydrogen (secondary N) is 2. The first-order valence-corrected chi connectivity index (χ1v) is 39.8. The number of morpholine rings is 1. The zero-order chi connectivity index (χ0) is 74.6. The van der Waals surface area contributed by atoms with Crippen LogP contribution in [0.15, 0.2) is 0 Å². The summed E-state index contributed by atoms with van der Waals surface area (Å²) in [5.41, 5.74) is 0.660. The van der Waals surface area contributed by atoms with E-state index >= 15 is 0 Å². The van der Waals surface area contributed by atoms with Gasteiger partial charge in [-0.25, -0.2) is 4.39 Å². The number of ether oxygens (including phenoxy) is 3. The summed E-state index contributed by atoms with van der Waals surface area (Å²) in [6, 6.07) is 0. The van der Waals surface area contributed by atoms with Crippen molar-refractivity contribution in [2.75, 3.05) is 172 Å². The second-order valence-electron chi connectivity index (χ2n) is 37.5. The van der Waals surface area contributed by atoms with Crippen LogP contribution in [0.25, 0.3) is 0 Å². The highest BCUT2D eigenvalue weighted by molar-refractivity contribution is 5.78. The van der Waals surface area contributed by atoms with Crippen molar-refractivity contribution in [1.29, 1.82) is 0 Å². The molecule has 8 rings (SSSR count). The van der Waals surface area contributed by atoms with Crippen LogP contribution < -0.4 is 10.6 Å². The molecule has 8 heterocycles. The molecule has 8 aliphatic rings. The molecule has 0 saturated carbocycles. The molecule has 0 spiro atoms. The van der Waals surface area contributed by atoms with Crippen molar-refractivity contribution in [2.24, 2.45) is 75.4 Å². The Bertz CT molecular complexity index is 2040. The minimum Gasteiger partial charge on any atom is -0.383 e. The molecule has 15 nitrogen and oxygen atoms in total. The van der Waals surface area contributed by atoms with Crippen LogP contribution in [0.3, 0.4) is 0 Å². The van der Waals surface area contributed by atoms with E-state index in [1.807, 2.05) is 21.7 Å². The van der Waals surface area contributed by atoms with Crippen molar-refractivity contribution < 1.29 is 33.0 Å². The molecular weight excluding hydrogens is 1230 g/mol. The Labute approximate surface area is 607 Å². The number of methoxy groups -OCH3 is 2. The van der Waals surface area contributed by atoms with Crippen LogP contribution in [0.5, 0.6) is 0 Å². The lowest BCUT2D eigenvalue weighted by atomic mass is 9.75. The highest BCUT2D eigenvalue weighted by Gasteiger charge is 2.42. The number of hydrogen-bond donors (Lipinski definition) is 2. The predicted octanol–water partition coefficient (Wildman–Crippen LogP) is 15.3. The van der Waals surface area contributed by atoms with Crippen molar-refractivity contribution in [1.82, 2.24) is 44.9 Å². The maximum atomic E-state index is 13.4. The second kappa shape index (κ2) is 48.2. The van der Waals surface area contributed by atoms with Crippen LogP contribution in [0.2, 0.25) is 0 Å². The van der Waals surface area contributed by atoms with Gasteiger partial charge in [0.15, 0.2) is 0 Å². The van der Waals surface area contributed by atoms with E-state index in [1.54, 1.807) is 28.1 Å². The van der Waals surface area contributed by atoms with Gasteiger partial charge in [-0.05, 0) is 195 Å². The standard InChI is InChI=1S/C13H27NO.2C11H23NO.C11H23N.C10H19NO.C9H18N2O.C9H17NO.C8H16FN/c1-12(2)4-5-13-6-8-14(9-7-13)10-11-15-3;1-10(2,3)6-9-7-12-11(4,5)8-13-9;1-10(2)7-11(3)8-12(9-11)5-6-13-4;1-10(2)4-5-11-6-8-12(3)9-7-11;1-8(2)5-10(4)6-11(7-10)9(3)12;1-8(2)3-5-11-6-4-10-9(12)7-11;1-7(2)4-9-5-10(6-9)8(3)11;1-7(2)4-8(9)5-10(3)6-8/h12-13H,4-11H2,1-3H3;9,12H,6-8H2,1-5H3;10H,5-9H2,1-4H3;10-11H,4-9H2,1-3H3;8H,5-7H2,1-4H3;8H,3-7H2,1-2H3,(H,10,12);7,9H,4-6H2,1-3H3;7H,4-6H2,1-3H3. The average Bonchev–Trinajstić information content (AvgIpc) is 0.816. The van der Waals surface area contributed by atoms with Gasteiger partial charge in [0, 0.05) is 124 Å². The van der Waals surface area contributed by atoms with Crippen molar-refractivity contribution in [2.45, 2.75) is 266 Å². The Morgan fingerprint density at radius 1 is 0.561 bits per heavy atom. The minimum absolute atomic E-state index is 0.161. The van der Waals surface area contributed by atoms with Crippen LogP contribution in [0.1, 0.15) is 249 Å². The van der Waals surface area contributed by atoms with Gasteiger partial charge >= 0.3 is 0 Å². The van der Waals surface area contributed by atoms with Crippen LogP contribution in [0, 0.1) is 75.4 Å². The Morgan fingerprint density at radius 2 is 1.02 bits per heavy atom. The molecule has 1 atom stereocenters. The van der Waals surface area contributed by atoms with Crippen LogP contribution in [0.4, 0.5) is 4.39 Å². The molecule has 0 aliphatic carbocycles. The van der Waals surface area contributed by atoms with E-state index in [1.165, 1.54) is 116 Å². The fourth-order valence-electron chi connectivity index (χ4n) is 15.3. The summed E-state index contributed by atoms with van der Waals surface area (Å²) in [5, 5.41) is 6.33. The smallest absolute Gasteiger partial charge is 0.234 e. The molecule has 1 unspecified atom stereocenters. The number of nitrogens with zero attached hydrogens (tertiary/aromatic N) is 7. The zero-order valence-electron chi connectivity index (χ0n) is 69.8. The van der Waals surface area contributed by atoms with Crippen LogP contribution in [-0.4, -0.2) is 242 Å². The molecule has 8 saturated heterocycles. The average molecular weight is 1390 g/mol. The summed E-state index contributed by atoms with van der Waals surface area (Å²) in [6.45, 7) is 72.7. The largest absolute Gasteiger partial charge is 0.383 e. The molecule has 98 heavy (non-hydrogen) atoms. The Kier molecular flexibility index (Phi) is 46.2. The molecule has 0 bridgehead atoms. The summed E-state index contributed by atoms with van der Waals surface area (Å²) in [7, 11) is 7.75. The number of piperidine rings is 2. The maximum absolute atomic E-state index is 13.4. The fourth-order valence-corrected chi connectivity index (χ4v) is 15.3. The van der Waals surface area contributed by atoms with Gasteiger partial charge in [-0.15, -0.1) is 0 Å². The minimum atomic E-state index is -0.858. The lowest BCUT2D eigenvalue weighted by molar-refractivity contribution is -0.140. The second-order valence-corrected chi connectivity index (χ2v) is 37.5. The lowest BCUT2D eigenvalue weighted by Gasteiger charge is -2.49. The van der Waals surface area contributed by atoms with Gasteiger partial charge in [0.05, 0.1) is 32.5 Å². The molecule has 582 valence electrons. The van der Waals surface area contributed by atoms with E-state index in [0.29, 0.717) is 47.9 Å². The SMILES string of the molecule is CC(=O)N1CC(C)(CC(C)C)C1.CC(=O)N1CC(CC(C)C)C1.CC(C)(C)CC1CNC(C)(C)CO1.CC(C)CC1(F)CN(C)C1.CC(C)CCC1CCN(C)CC1.CC(C)CCN1CCNC(=O)C1.COCCN1CC(C)(CC(C)C)C1.COCCN1CCC(CCC(C)C)CC1. The normalized spacial score (nSPS) is 22.1. The number of piperazine rings is 1. The number of likely N-dealkylation sites (tertiary alicyclic amines) is 6. The van der Waals surface area contributed by atoms with E-state index in [4.69, 9.17) is 14.2 Å². The van der Waals surface area contributed by atoms with E-state index in [0.717, 1.165) is 151 Å². The van der Waals surface area contributed by atoms with Gasteiger partial charge in [0.25, 0.3) is 0 Å². The van der Waals surface area contributed by atoms with Crippen molar-refractivity contribution in [3.05, 3.63) is 0 Å². The van der Waals surface area contributed by atoms with Crippen molar-refractivity contribution in [3.63, 3.8) is 0 Å². The summed E-state index contributed by atoms with van der Waals surface area (Å²) in [4.78, 5) is 48.2. The van der Waals surface area contributed by atoms with E-state index in [9.17, 15) is 18.8 Å². The van der Waals surface area contributed by atoms with Crippen LogP contribution in [-0.2, 0) is 28.6 Å². The van der Waals surface area contributed by atoms with Gasteiger partial charge in [-0.3, -0.25) is 29.1 Å². The van der Waals surface area contributed by atoms with Crippen molar-refractivity contribution in [3.8, 4) is 0 Å². The summed E-state index contributed by atoms with van der Waals surface area (Å²) in [6.07, 6.45) is 18.7. The summed E-state index contributed by atoms with van der Waals surface area (Å²) >= 11 is 0. The molecule has 0 aromatic carbocycles. The highest BCUT2D eigenvalue weighted by atomic mass is 19.1. The van der Waals surface area contributed by atoms with Crippen LogP contribution >= 0.6 is 0 Å². The monoisotopic (exact) mass is 1390 g/mol. The zero-order valence-corrected chi connectivity index (χ0v) is 69.8. The first-order chi connectivity index (χ1) is 45.5. The molecule has 16 heteroatoms. The van der Waals surface area contributed by atoms with Crippen molar-refractivity contribution >= 4 is 17.7 Å². The first kappa shape index (κ1) is 94.0. The molecule has 8 fully saturated rings. The third-order valence-electron chi connectivity index (χ3n) is 20.2. The molecule has 0 aromatic rings. The number of rotatable bonds is 24. The third kappa shape index (κ3) is 45.9. The van der Waals surface area contributed by atoms with Gasteiger partial charge in [0.1, 0.15) is 5.67 Å². The van der Waals surface area contributed by atoms with Gasteiger partial charge in [-0.1, -0.05) is 157 Å². The van der Waals surface area contributed by atoms with Gasteiger partial charge in [0.2, 0.25) is 17.7 Å². The Balaban J connectivity index is 0.000000561. The Morgan fingerprint density at radius 3 is 1.41 bits per heavy atom. The fraction of sp³-hybridized carbons (Fsp3) is 0.963. The molecule has 2 N–H and O–H groups in total. The molecule has 0 aromatic heterocycles. The molecule has 3 amide bonds. The number of carbonyl (C=O) groups excluding carboxylic acids is 3. The number of carbonyl (C=O) groups is 3. The number of alkyl halides is 1. The number of halogens is 1. The number of amides is 3. The van der Waals surface area contributed by atoms with Gasteiger partial charge < -0.3 is 44.4 Å². The Hall–Kier alpha value is -2.02. The first-order valence-electron chi connectivity index (χ1n) is 39.8. The molecule has 0 radical (unpaired) electrons. The van der Waals surface area contributed by atoms with E-state index in [-0.39, 0.29) is 23.3 Å². The van der Waals surface area contributed by atoms with E-state index in [2.05, 4.69) is 183 Å². The van der Waals surface area contributed by atoms with E-state index < -0.39 is 5.67 Å². The quantitative estimate of drug-likeness (QED) is 0.0956. The highest BCUT2D eigenvalue weighted by Crippen LogP contribution is 2.37. The predicted molar refractivity (Wildman–Crippen MR) is 416 cm³/mol. The molecular formula is C82H166FN9O6. The molecule has 8 aliphatic heterocycles. The topological polar surface area (TPSA) is 126 Å². The maximum Gasteiger partial charge on any atom is 0.234 e. The summed E-state index contributed by atoms with van der Waals surface area (Å²) in [5.74, 6) is 8.74. The number of hydrogen-bond acceptors (Lipinski definition) is 12. The van der Waals surface area contributed by atoms with Gasteiger partial charge in [-0.2, -0.15) is 0 Å². The summed E-state index contributed by atoms with van der Waals surface area (Å²) < 4.78 is 29.3. The lowest BCUT2D eigenvalue weighted by Crippen LogP contribution is -2.57.